The summed E-state index contributed by atoms with van der Waals surface area (Å²) in [5.41, 5.74) is 4.47. The van der Waals surface area contributed by atoms with E-state index in [-0.39, 0.29) is 41.8 Å². The Kier molecular flexibility index (Phi) is 15.4. The van der Waals surface area contributed by atoms with E-state index in [0.29, 0.717) is 25.3 Å². The number of nitrogens with zero attached hydrogens (tertiary/aromatic N) is 1. The van der Waals surface area contributed by atoms with Gasteiger partial charge < -0.3 is 15.4 Å². The molecule has 7 nitrogen and oxygen atoms in total. The number of primary amides is 1. The van der Waals surface area contributed by atoms with Gasteiger partial charge in [0.15, 0.2) is 5.12 Å². The summed E-state index contributed by atoms with van der Waals surface area (Å²) in [6.45, 7) is 10.1. The maximum Gasteiger partial charge on any atom is 0.306 e. The van der Waals surface area contributed by atoms with Crippen LogP contribution >= 0.6 is 11.8 Å². The van der Waals surface area contributed by atoms with E-state index in [1.165, 1.54) is 6.92 Å². The highest BCUT2D eigenvalue weighted by Crippen LogP contribution is 2.11. The zero-order valence-corrected chi connectivity index (χ0v) is 16.1. The Labute approximate surface area is 148 Å². The van der Waals surface area contributed by atoms with E-state index < -0.39 is 0 Å². The number of carbonyl (C=O) groups is 4. The molecule has 0 radical (unpaired) electrons. The minimum absolute atomic E-state index is 0.0644. The van der Waals surface area contributed by atoms with Gasteiger partial charge in [-0.15, -0.1) is 0 Å². The minimum atomic E-state index is -0.354. The maximum atomic E-state index is 11.7. The number of hydrogen-bond acceptors (Lipinski definition) is 6. The first-order valence-corrected chi connectivity index (χ1v) is 9.01. The summed E-state index contributed by atoms with van der Waals surface area (Å²) in [6, 6.07) is 0. The van der Waals surface area contributed by atoms with E-state index in [9.17, 15) is 19.2 Å². The Morgan fingerprint density at radius 3 is 1.96 bits per heavy atom. The summed E-state index contributed by atoms with van der Waals surface area (Å²) >= 11 is 1.11. The molecule has 0 aromatic carbocycles. The van der Waals surface area contributed by atoms with Crippen molar-refractivity contribution in [2.45, 2.75) is 60.0 Å². The van der Waals surface area contributed by atoms with Gasteiger partial charge in [0.25, 0.3) is 0 Å². The smallest absolute Gasteiger partial charge is 0.306 e. The van der Waals surface area contributed by atoms with Crippen molar-refractivity contribution in [2.24, 2.45) is 5.73 Å². The Hall–Kier alpha value is -1.57. The van der Waals surface area contributed by atoms with Crippen LogP contribution in [0.4, 0.5) is 0 Å². The van der Waals surface area contributed by atoms with Crippen molar-refractivity contribution in [3.05, 3.63) is 0 Å². The molecule has 0 aliphatic rings. The van der Waals surface area contributed by atoms with E-state index in [1.807, 2.05) is 13.8 Å². The van der Waals surface area contributed by atoms with Crippen LogP contribution in [0.3, 0.4) is 0 Å². The molecule has 0 fully saturated rings. The van der Waals surface area contributed by atoms with E-state index in [0.717, 1.165) is 11.8 Å². The van der Waals surface area contributed by atoms with Crippen molar-refractivity contribution >= 4 is 34.7 Å². The monoisotopic (exact) mass is 362 g/mol. The van der Waals surface area contributed by atoms with Crippen LogP contribution in [0.1, 0.15) is 53.9 Å². The first-order valence-electron chi connectivity index (χ1n) is 8.02. The molecule has 0 saturated carbocycles. The molecule has 8 heteroatoms. The highest BCUT2D eigenvalue weighted by molar-refractivity contribution is 8.13. The van der Waals surface area contributed by atoms with Gasteiger partial charge in [0.05, 0.1) is 12.5 Å². The summed E-state index contributed by atoms with van der Waals surface area (Å²) < 4.78 is 4.94. The van der Waals surface area contributed by atoms with Gasteiger partial charge in [-0.25, -0.2) is 0 Å². The molecule has 140 valence electrons. The molecular weight excluding hydrogens is 332 g/mol. The summed E-state index contributed by atoms with van der Waals surface area (Å²) in [5, 5.41) is -0.0712. The second kappa shape index (κ2) is 15.0. The Balaban J connectivity index is 0. The molecule has 24 heavy (non-hydrogen) atoms. The van der Waals surface area contributed by atoms with E-state index in [1.54, 1.807) is 18.7 Å². The normalized spacial score (nSPS) is 9.75. The lowest BCUT2D eigenvalue weighted by Crippen LogP contribution is -2.30. The van der Waals surface area contributed by atoms with Crippen molar-refractivity contribution in [3.63, 3.8) is 0 Å². The van der Waals surface area contributed by atoms with Gasteiger partial charge in [-0.05, 0) is 27.7 Å². The van der Waals surface area contributed by atoms with Crippen LogP contribution in [0.2, 0.25) is 0 Å². The van der Waals surface area contributed by atoms with Crippen molar-refractivity contribution < 1.29 is 23.9 Å². The summed E-state index contributed by atoms with van der Waals surface area (Å²) in [4.78, 5) is 45.5. The van der Waals surface area contributed by atoms with Crippen LogP contribution in [0.15, 0.2) is 0 Å². The first-order chi connectivity index (χ1) is 11.1. The molecule has 0 saturated heterocycles. The van der Waals surface area contributed by atoms with Crippen LogP contribution in [-0.4, -0.2) is 52.7 Å². The number of thioether (sulfide) groups is 1. The molecular formula is C16H30N2O5S. The molecule has 0 aromatic heterocycles. The van der Waals surface area contributed by atoms with Crippen molar-refractivity contribution in [2.75, 3.05) is 18.8 Å². The minimum Gasteiger partial charge on any atom is -0.463 e. The second-order valence-corrected chi connectivity index (χ2v) is 6.34. The number of ether oxygens (including phenoxy) is 1. The Morgan fingerprint density at radius 1 is 1.04 bits per heavy atom. The average Bonchev–Trinajstić information content (AvgIpc) is 2.45. The van der Waals surface area contributed by atoms with E-state index >= 15 is 0 Å². The zero-order valence-electron chi connectivity index (χ0n) is 15.3. The summed E-state index contributed by atoms with van der Waals surface area (Å²) in [6.07, 6.45) is 0.468. The predicted molar refractivity (Wildman–Crippen MR) is 95.3 cm³/mol. The quantitative estimate of drug-likeness (QED) is 0.626. The van der Waals surface area contributed by atoms with Gasteiger partial charge in [-0.3, -0.25) is 19.2 Å². The van der Waals surface area contributed by atoms with E-state index in [2.05, 4.69) is 5.73 Å². The second-order valence-electron chi connectivity index (χ2n) is 5.19. The SMILES string of the molecule is CC(N)=O.CCN(CC)C(=O)CCSC(=O)CCC(=O)OC(C)C. The molecule has 0 atom stereocenters. The number of esters is 1. The number of nitrogens with two attached hydrogens (primary N) is 1. The highest BCUT2D eigenvalue weighted by Gasteiger charge is 2.12. The fraction of sp³-hybridized carbons (Fsp3) is 0.750. The highest BCUT2D eigenvalue weighted by atomic mass is 32.2. The molecule has 0 rings (SSSR count). The fourth-order valence-corrected chi connectivity index (χ4v) is 2.34. The third kappa shape index (κ3) is 16.8. The van der Waals surface area contributed by atoms with Gasteiger partial charge >= 0.3 is 5.97 Å². The Morgan fingerprint density at radius 2 is 1.54 bits per heavy atom. The molecule has 0 aromatic rings. The standard InChI is InChI=1S/C14H25NO4S.C2H5NO/c1-5-15(6-2)12(16)9-10-20-14(18)8-7-13(17)19-11(3)4;1-2(3)4/h11H,5-10H2,1-4H3;1H3,(H2,3,4). The third-order valence-electron chi connectivity index (χ3n) is 2.60. The van der Waals surface area contributed by atoms with Crippen LogP contribution in [0.25, 0.3) is 0 Å². The molecule has 0 bridgehead atoms. The van der Waals surface area contributed by atoms with Crippen LogP contribution in [0.5, 0.6) is 0 Å². The third-order valence-corrected chi connectivity index (χ3v) is 3.53. The molecule has 2 N–H and O–H groups in total. The lowest BCUT2D eigenvalue weighted by Gasteiger charge is -2.18. The number of rotatable bonds is 9. The van der Waals surface area contributed by atoms with Crippen molar-refractivity contribution in [1.82, 2.24) is 4.90 Å². The largest absolute Gasteiger partial charge is 0.463 e. The lowest BCUT2D eigenvalue weighted by atomic mass is 10.3. The maximum absolute atomic E-state index is 11.7. The van der Waals surface area contributed by atoms with Gasteiger partial charge in [0.1, 0.15) is 0 Å². The molecule has 2 amide bonds. The van der Waals surface area contributed by atoms with Crippen molar-refractivity contribution in [3.8, 4) is 0 Å². The number of amides is 2. The van der Waals surface area contributed by atoms with Crippen molar-refractivity contribution in [1.29, 1.82) is 0 Å². The lowest BCUT2D eigenvalue weighted by molar-refractivity contribution is -0.148. The first kappa shape index (κ1) is 24.7. The van der Waals surface area contributed by atoms with Gasteiger partial charge in [0, 0.05) is 38.6 Å². The van der Waals surface area contributed by atoms with Gasteiger partial charge in [0.2, 0.25) is 11.8 Å². The van der Waals surface area contributed by atoms with Crippen LogP contribution in [0, 0.1) is 0 Å². The number of carbonyl (C=O) groups excluding carboxylic acids is 4. The van der Waals surface area contributed by atoms with Gasteiger partial charge in [-0.1, -0.05) is 11.8 Å². The van der Waals surface area contributed by atoms with E-state index in [4.69, 9.17) is 4.74 Å². The average molecular weight is 362 g/mol. The molecule has 0 unspecified atom stereocenters. The number of hydrogen-bond donors (Lipinski definition) is 1. The molecule has 0 aliphatic carbocycles. The molecule has 0 spiro atoms. The Bertz CT molecular complexity index is 405. The zero-order chi connectivity index (χ0) is 19.1. The molecule has 0 heterocycles. The topological polar surface area (TPSA) is 107 Å². The summed E-state index contributed by atoms with van der Waals surface area (Å²) in [7, 11) is 0. The summed E-state index contributed by atoms with van der Waals surface area (Å²) in [5.74, 6) is -0.157. The predicted octanol–water partition coefficient (Wildman–Crippen LogP) is 1.73. The van der Waals surface area contributed by atoms with Crippen LogP contribution in [-0.2, 0) is 23.9 Å². The van der Waals surface area contributed by atoms with Crippen LogP contribution < -0.4 is 5.73 Å². The molecule has 0 aliphatic heterocycles. The fourth-order valence-electron chi connectivity index (χ4n) is 1.58. The van der Waals surface area contributed by atoms with Gasteiger partial charge in [-0.2, -0.15) is 0 Å².